The Hall–Kier alpha value is -2.37. The first kappa shape index (κ1) is 19.9. The van der Waals surface area contributed by atoms with E-state index in [0.29, 0.717) is 19.1 Å². The minimum Gasteiger partial charge on any atom is -0.489 e. The van der Waals surface area contributed by atoms with Gasteiger partial charge in [-0.05, 0) is 36.6 Å². The normalized spacial score (nSPS) is 20.0. The summed E-state index contributed by atoms with van der Waals surface area (Å²) in [6, 6.07) is 16.8. The molecule has 5 nitrogen and oxygen atoms in total. The van der Waals surface area contributed by atoms with E-state index in [4.69, 9.17) is 4.74 Å². The average Bonchev–Trinajstić information content (AvgIpc) is 3.24. The topological polar surface area (TPSA) is 44.8 Å². The summed E-state index contributed by atoms with van der Waals surface area (Å²) >= 11 is 0. The van der Waals surface area contributed by atoms with Crippen LogP contribution in [0.1, 0.15) is 23.1 Å². The van der Waals surface area contributed by atoms with Gasteiger partial charge in [-0.1, -0.05) is 42.0 Å². The number of likely N-dealkylation sites (tertiary alicyclic amines) is 1. The first-order valence-electron chi connectivity index (χ1n) is 10.7. The number of benzene rings is 2. The van der Waals surface area contributed by atoms with E-state index in [2.05, 4.69) is 35.3 Å². The Labute approximate surface area is 173 Å². The van der Waals surface area contributed by atoms with Crippen LogP contribution in [-0.2, 0) is 17.8 Å². The van der Waals surface area contributed by atoms with Crippen LogP contribution in [0.25, 0.3) is 0 Å². The second kappa shape index (κ2) is 9.42. The zero-order valence-electron chi connectivity index (χ0n) is 17.3. The van der Waals surface area contributed by atoms with E-state index in [1.165, 1.54) is 5.56 Å². The van der Waals surface area contributed by atoms with Crippen molar-refractivity contribution in [3.63, 3.8) is 0 Å². The van der Waals surface area contributed by atoms with Gasteiger partial charge >= 0.3 is 0 Å². The number of carbonyl (C=O) groups excluding carboxylic acids is 1. The van der Waals surface area contributed by atoms with Crippen LogP contribution in [-0.4, -0.2) is 61.0 Å². The molecule has 5 heteroatoms. The van der Waals surface area contributed by atoms with Gasteiger partial charge in [0, 0.05) is 45.3 Å². The van der Waals surface area contributed by atoms with E-state index in [9.17, 15) is 4.79 Å². The smallest absolute Gasteiger partial charge is 0.227 e. The molecule has 0 saturated carbocycles. The summed E-state index contributed by atoms with van der Waals surface area (Å²) in [6.07, 6.45) is 1.53. The quantitative estimate of drug-likeness (QED) is 0.820. The molecule has 1 N–H and O–H groups in total. The largest absolute Gasteiger partial charge is 0.489 e. The Morgan fingerprint density at radius 2 is 1.86 bits per heavy atom. The number of carbonyl (C=O) groups is 1. The molecule has 29 heavy (non-hydrogen) atoms. The molecule has 154 valence electrons. The molecule has 2 aliphatic rings. The van der Waals surface area contributed by atoms with Gasteiger partial charge in [-0.25, -0.2) is 0 Å². The highest BCUT2D eigenvalue weighted by atomic mass is 16.5. The van der Waals surface area contributed by atoms with Crippen LogP contribution in [0.2, 0.25) is 0 Å². The first-order chi connectivity index (χ1) is 14.2. The zero-order chi connectivity index (χ0) is 20.1. The highest BCUT2D eigenvalue weighted by Gasteiger charge is 2.30. The molecule has 2 fully saturated rings. The molecule has 4 rings (SSSR count). The van der Waals surface area contributed by atoms with E-state index in [1.54, 1.807) is 0 Å². The van der Waals surface area contributed by atoms with E-state index < -0.39 is 0 Å². The van der Waals surface area contributed by atoms with Gasteiger partial charge in [0.05, 0.1) is 6.42 Å². The fraction of sp³-hybridized carbons (Fsp3) is 0.458. The van der Waals surface area contributed by atoms with Crippen LogP contribution >= 0.6 is 0 Å². The van der Waals surface area contributed by atoms with Crippen LogP contribution in [0.4, 0.5) is 0 Å². The van der Waals surface area contributed by atoms with Gasteiger partial charge in [0.25, 0.3) is 0 Å². The number of amides is 1. The molecular weight excluding hydrogens is 362 g/mol. The lowest BCUT2D eigenvalue weighted by Crippen LogP contribution is -2.49. The molecule has 0 aromatic heterocycles. The van der Waals surface area contributed by atoms with E-state index in [-0.39, 0.29) is 5.91 Å². The maximum atomic E-state index is 12.8. The van der Waals surface area contributed by atoms with Gasteiger partial charge < -0.3 is 15.0 Å². The molecule has 2 saturated heterocycles. The van der Waals surface area contributed by atoms with Crippen molar-refractivity contribution in [2.24, 2.45) is 0 Å². The lowest BCUT2D eigenvalue weighted by atomic mass is 10.1. The molecule has 2 aliphatic heterocycles. The highest BCUT2D eigenvalue weighted by Crippen LogP contribution is 2.20. The van der Waals surface area contributed by atoms with Gasteiger partial charge in [-0.15, -0.1) is 0 Å². The third kappa shape index (κ3) is 5.37. The Balaban J connectivity index is 1.30. The molecule has 2 aromatic rings. The number of ether oxygens (including phenoxy) is 1. The monoisotopic (exact) mass is 393 g/mol. The lowest BCUT2D eigenvalue weighted by Gasteiger charge is -2.32. The van der Waals surface area contributed by atoms with Crippen molar-refractivity contribution in [1.29, 1.82) is 0 Å². The third-order valence-electron chi connectivity index (χ3n) is 5.93. The Kier molecular flexibility index (Phi) is 6.47. The van der Waals surface area contributed by atoms with Crippen molar-refractivity contribution in [1.82, 2.24) is 15.1 Å². The fourth-order valence-corrected chi connectivity index (χ4v) is 4.31. The Morgan fingerprint density at radius 3 is 2.69 bits per heavy atom. The summed E-state index contributed by atoms with van der Waals surface area (Å²) in [7, 11) is 0. The molecular formula is C24H31N3O2. The lowest BCUT2D eigenvalue weighted by molar-refractivity contribution is -0.129. The van der Waals surface area contributed by atoms with Crippen LogP contribution in [0, 0.1) is 6.92 Å². The van der Waals surface area contributed by atoms with E-state index in [0.717, 1.165) is 62.6 Å². The van der Waals surface area contributed by atoms with Crippen molar-refractivity contribution in [2.45, 2.75) is 32.4 Å². The molecule has 0 aliphatic carbocycles. The minimum absolute atomic E-state index is 0.221. The van der Waals surface area contributed by atoms with Crippen LogP contribution < -0.4 is 10.1 Å². The maximum absolute atomic E-state index is 12.8. The van der Waals surface area contributed by atoms with Crippen molar-refractivity contribution >= 4 is 5.91 Å². The minimum atomic E-state index is 0.221. The Morgan fingerprint density at radius 1 is 1.07 bits per heavy atom. The van der Waals surface area contributed by atoms with Gasteiger partial charge in [-0.2, -0.15) is 0 Å². The van der Waals surface area contributed by atoms with Crippen molar-refractivity contribution in [3.05, 3.63) is 65.2 Å². The van der Waals surface area contributed by atoms with E-state index >= 15 is 0 Å². The van der Waals surface area contributed by atoms with Gasteiger partial charge in [0.15, 0.2) is 0 Å². The number of nitrogens with zero attached hydrogens (tertiary/aromatic N) is 2. The second-order valence-electron chi connectivity index (χ2n) is 8.17. The molecule has 1 atom stereocenters. The summed E-state index contributed by atoms with van der Waals surface area (Å²) < 4.78 is 5.95. The maximum Gasteiger partial charge on any atom is 0.227 e. The number of aryl methyl sites for hydroxylation is 1. The van der Waals surface area contributed by atoms with Crippen LogP contribution in [0.3, 0.4) is 0 Å². The first-order valence-corrected chi connectivity index (χ1v) is 10.7. The van der Waals surface area contributed by atoms with E-state index in [1.807, 2.05) is 35.2 Å². The molecule has 0 spiro atoms. The Bertz CT molecular complexity index is 832. The number of nitrogens with one attached hydrogen (secondary N) is 1. The second-order valence-corrected chi connectivity index (χ2v) is 8.17. The molecule has 0 bridgehead atoms. The highest BCUT2D eigenvalue weighted by molar-refractivity contribution is 5.79. The van der Waals surface area contributed by atoms with Crippen molar-refractivity contribution in [3.8, 4) is 5.75 Å². The van der Waals surface area contributed by atoms with Crippen molar-refractivity contribution < 1.29 is 9.53 Å². The number of hydrogen-bond donors (Lipinski definition) is 1. The molecule has 0 radical (unpaired) electrons. The molecule has 1 unspecified atom stereocenters. The molecule has 2 heterocycles. The van der Waals surface area contributed by atoms with Crippen LogP contribution in [0.5, 0.6) is 5.75 Å². The average molecular weight is 394 g/mol. The number of hydrogen-bond acceptors (Lipinski definition) is 4. The number of piperazine rings is 1. The zero-order valence-corrected chi connectivity index (χ0v) is 17.3. The van der Waals surface area contributed by atoms with Gasteiger partial charge in [0.2, 0.25) is 5.91 Å². The summed E-state index contributed by atoms with van der Waals surface area (Å²) in [5, 5.41) is 3.40. The summed E-state index contributed by atoms with van der Waals surface area (Å²) in [6.45, 7) is 8.65. The molecule has 1 amide bonds. The molecule has 2 aromatic carbocycles. The van der Waals surface area contributed by atoms with Crippen LogP contribution in [0.15, 0.2) is 48.5 Å². The van der Waals surface area contributed by atoms with Gasteiger partial charge in [0.1, 0.15) is 12.4 Å². The fourth-order valence-electron chi connectivity index (χ4n) is 4.31. The summed E-state index contributed by atoms with van der Waals surface area (Å²) in [5.74, 6) is 1.04. The third-order valence-corrected chi connectivity index (χ3v) is 5.93. The predicted molar refractivity (Wildman–Crippen MR) is 115 cm³/mol. The van der Waals surface area contributed by atoms with Gasteiger partial charge in [-0.3, -0.25) is 9.69 Å². The SMILES string of the molecule is Cc1cccc(COc2cccc(CC(=O)N3CCC(N4CCNCC4)C3)c2)c1. The van der Waals surface area contributed by atoms with Crippen molar-refractivity contribution in [2.75, 3.05) is 39.3 Å². The summed E-state index contributed by atoms with van der Waals surface area (Å²) in [4.78, 5) is 17.4. The summed E-state index contributed by atoms with van der Waals surface area (Å²) in [5.41, 5.74) is 3.40. The standard InChI is InChI=1S/C24H31N3O2/c1-19-4-2-6-21(14-19)18-29-23-7-3-5-20(15-23)16-24(28)27-11-8-22(17-27)26-12-9-25-10-13-26/h2-7,14-15,22,25H,8-13,16-18H2,1H3. The number of rotatable bonds is 6. The predicted octanol–water partition coefficient (Wildman–Crippen LogP) is 2.62.